The smallest absolute Gasteiger partial charge is 0.264 e. The van der Waals surface area contributed by atoms with E-state index in [-0.39, 0.29) is 17.9 Å². The number of hydrogen-bond donors (Lipinski definition) is 1. The molecule has 0 spiro atoms. The van der Waals surface area contributed by atoms with Crippen molar-refractivity contribution in [2.45, 2.75) is 19.3 Å². The van der Waals surface area contributed by atoms with Crippen LogP contribution in [0.3, 0.4) is 0 Å². The molecule has 9 nitrogen and oxygen atoms in total. The van der Waals surface area contributed by atoms with Crippen LogP contribution in [-0.4, -0.2) is 57.2 Å². The van der Waals surface area contributed by atoms with E-state index in [1.165, 1.54) is 4.96 Å². The predicted molar refractivity (Wildman–Crippen MR) is 71.6 cm³/mol. The molecule has 1 saturated heterocycles. The molecule has 0 radical (unpaired) electrons. The van der Waals surface area contributed by atoms with Gasteiger partial charge in [0.2, 0.25) is 6.23 Å². The fourth-order valence-corrected chi connectivity index (χ4v) is 2.55. The fraction of sp³-hybridized carbons (Fsp3) is 0.385. The minimum atomic E-state index is -0.816. The Bertz CT molecular complexity index is 703. The number of imide groups is 1. The fourth-order valence-electron chi connectivity index (χ4n) is 2.55. The molecular formula is C13H14N4O5. The van der Waals surface area contributed by atoms with E-state index in [9.17, 15) is 14.7 Å². The quantitative estimate of drug-likeness (QED) is 0.748. The Balaban J connectivity index is 1.46. The Morgan fingerprint density at radius 2 is 1.82 bits per heavy atom. The summed E-state index contributed by atoms with van der Waals surface area (Å²) in [4.78, 5) is 32.4. The Morgan fingerprint density at radius 3 is 2.36 bits per heavy atom. The zero-order chi connectivity index (χ0) is 15.4. The molecule has 2 aliphatic rings. The zero-order valence-electron chi connectivity index (χ0n) is 11.7. The van der Waals surface area contributed by atoms with Crippen molar-refractivity contribution in [1.82, 2.24) is 14.9 Å². The third kappa shape index (κ3) is 1.82. The first-order valence-electron chi connectivity index (χ1n) is 6.91. The molecule has 1 aromatic carbocycles. The highest BCUT2D eigenvalue weighted by Crippen LogP contribution is 2.24. The number of hydrogen-bond acceptors (Lipinski definition) is 6. The van der Waals surface area contributed by atoms with Crippen molar-refractivity contribution in [3.8, 4) is 0 Å². The van der Waals surface area contributed by atoms with E-state index in [4.69, 9.17) is 9.47 Å². The van der Waals surface area contributed by atoms with Crippen molar-refractivity contribution < 1.29 is 24.2 Å². The summed E-state index contributed by atoms with van der Waals surface area (Å²) in [6.45, 7) is 2.48. The maximum Gasteiger partial charge on any atom is 0.264 e. The summed E-state index contributed by atoms with van der Waals surface area (Å²) in [5.41, 5.74) is 0.745. The molecule has 2 aliphatic heterocycles. The molecular weight excluding hydrogens is 292 g/mol. The summed E-state index contributed by atoms with van der Waals surface area (Å²) < 4.78 is 5.06. The number of aliphatic hydroxyl groups excluding tert-OH is 1. The maximum atomic E-state index is 12.3. The van der Waals surface area contributed by atoms with Gasteiger partial charge in [0.1, 0.15) is 5.02 Å². The zero-order valence-corrected chi connectivity index (χ0v) is 11.7. The van der Waals surface area contributed by atoms with Crippen LogP contribution < -0.4 is 9.85 Å². The Morgan fingerprint density at radius 1 is 1.23 bits per heavy atom. The van der Waals surface area contributed by atoms with Crippen LogP contribution in [0.15, 0.2) is 28.9 Å². The number of fused-ring (bicyclic) bond motifs is 1. The highest BCUT2D eigenvalue weighted by Gasteiger charge is 2.41. The minimum Gasteiger partial charge on any atom is -0.389 e. The van der Waals surface area contributed by atoms with E-state index in [1.54, 1.807) is 36.2 Å². The second-order valence-electron chi connectivity index (χ2n) is 5.33. The van der Waals surface area contributed by atoms with Crippen LogP contribution in [0, 0.1) is 0 Å². The number of aromatic nitrogens is 2. The van der Waals surface area contributed by atoms with Crippen molar-refractivity contribution in [1.29, 1.82) is 0 Å². The monoisotopic (exact) mass is 306 g/mol. The first-order chi connectivity index (χ1) is 10.6. The molecule has 22 heavy (non-hydrogen) atoms. The molecule has 4 rings (SSSR count). The molecule has 1 unspecified atom stereocenters. The predicted octanol–water partition coefficient (Wildman–Crippen LogP) is -0.734. The number of rotatable bonds is 4. The standard InChI is InChI=1S/C13H14N4O5/c1-8(21-17-16(22-17)14-6-9(18)7-14)15-12(19)10-4-2-3-5-11(10)13(15)20/h2-5,8-9,18H,6-7H2,1H3. The number of aliphatic hydroxyl groups is 1. The van der Waals surface area contributed by atoms with E-state index in [0.717, 1.165) is 9.92 Å². The molecule has 3 heterocycles. The van der Waals surface area contributed by atoms with E-state index < -0.39 is 6.23 Å². The molecule has 2 amide bonds. The van der Waals surface area contributed by atoms with Gasteiger partial charge in [-0.1, -0.05) is 12.1 Å². The van der Waals surface area contributed by atoms with Gasteiger partial charge >= 0.3 is 0 Å². The highest BCUT2D eigenvalue weighted by molar-refractivity contribution is 6.21. The van der Waals surface area contributed by atoms with Crippen LogP contribution in [0.4, 0.5) is 0 Å². The van der Waals surface area contributed by atoms with Crippen molar-refractivity contribution in [2.75, 3.05) is 18.1 Å². The van der Waals surface area contributed by atoms with Crippen molar-refractivity contribution >= 4 is 11.8 Å². The summed E-state index contributed by atoms with van der Waals surface area (Å²) in [6, 6.07) is 6.65. The van der Waals surface area contributed by atoms with E-state index >= 15 is 0 Å². The molecule has 1 fully saturated rings. The molecule has 0 bridgehead atoms. The topological polar surface area (TPSA) is 93.1 Å². The van der Waals surface area contributed by atoms with Gasteiger partial charge in [-0.2, -0.15) is 4.63 Å². The van der Waals surface area contributed by atoms with Gasteiger partial charge in [-0.3, -0.25) is 14.6 Å². The van der Waals surface area contributed by atoms with Gasteiger partial charge < -0.3 is 9.94 Å². The average molecular weight is 306 g/mol. The van der Waals surface area contributed by atoms with Gasteiger partial charge in [0.15, 0.2) is 0 Å². The number of carbonyl (C=O) groups excluding carboxylic acids is 2. The molecule has 1 atom stereocenters. The second-order valence-corrected chi connectivity index (χ2v) is 5.33. The van der Waals surface area contributed by atoms with Gasteiger partial charge in [-0.15, -0.1) is 0 Å². The third-order valence-electron chi connectivity index (χ3n) is 3.77. The number of nitrogens with zero attached hydrogens (tertiary/aromatic N) is 4. The first-order valence-corrected chi connectivity index (χ1v) is 6.91. The van der Waals surface area contributed by atoms with Gasteiger partial charge in [0.25, 0.3) is 11.8 Å². The molecule has 1 N–H and O–H groups in total. The van der Waals surface area contributed by atoms with Crippen LogP contribution in [0.1, 0.15) is 27.6 Å². The molecule has 2 aromatic rings. The number of amides is 2. The van der Waals surface area contributed by atoms with Crippen LogP contribution in [0.25, 0.3) is 0 Å². The van der Waals surface area contributed by atoms with Gasteiger partial charge in [0, 0.05) is 4.96 Å². The van der Waals surface area contributed by atoms with Crippen LogP contribution in [-0.2, 0) is 0 Å². The van der Waals surface area contributed by atoms with E-state index in [1.807, 2.05) is 0 Å². The van der Waals surface area contributed by atoms with Crippen LogP contribution in [0.2, 0.25) is 0 Å². The van der Waals surface area contributed by atoms with Gasteiger partial charge in [0.05, 0.1) is 30.3 Å². The third-order valence-corrected chi connectivity index (χ3v) is 3.77. The molecule has 0 saturated carbocycles. The van der Waals surface area contributed by atoms with Crippen LogP contribution >= 0.6 is 0 Å². The van der Waals surface area contributed by atoms with Crippen molar-refractivity contribution in [2.24, 2.45) is 0 Å². The summed E-state index contributed by atoms with van der Waals surface area (Å²) in [7, 11) is 0. The molecule has 0 aliphatic carbocycles. The lowest BCUT2D eigenvalue weighted by atomic mass is 10.1. The van der Waals surface area contributed by atoms with Crippen molar-refractivity contribution in [3.63, 3.8) is 0 Å². The lowest BCUT2D eigenvalue weighted by Crippen LogP contribution is -2.56. The minimum absolute atomic E-state index is 0.373. The SMILES string of the molecule is CC(On1on1N1CC(O)C1)N1C(=O)c2ccccc2C1=O. The van der Waals surface area contributed by atoms with Crippen molar-refractivity contribution in [3.05, 3.63) is 35.4 Å². The van der Waals surface area contributed by atoms with E-state index in [0.29, 0.717) is 24.2 Å². The summed E-state index contributed by atoms with van der Waals surface area (Å²) in [5.74, 6) is -0.776. The van der Waals surface area contributed by atoms with E-state index in [2.05, 4.69) is 0 Å². The molecule has 116 valence electrons. The second kappa shape index (κ2) is 4.41. The molecule has 1 aromatic heterocycles. The number of carbonyl (C=O) groups is 2. The average Bonchev–Trinajstić information content (AvgIpc) is 3.16. The van der Waals surface area contributed by atoms with Crippen LogP contribution in [0.5, 0.6) is 0 Å². The summed E-state index contributed by atoms with van der Waals surface area (Å²) >= 11 is 0. The largest absolute Gasteiger partial charge is 0.389 e. The highest BCUT2D eigenvalue weighted by atomic mass is 17.0. The lowest BCUT2D eigenvalue weighted by molar-refractivity contribution is -0.0579. The van der Waals surface area contributed by atoms with Gasteiger partial charge in [-0.05, 0) is 19.1 Å². The summed E-state index contributed by atoms with van der Waals surface area (Å²) in [6.07, 6.45) is -1.19. The Kier molecular flexibility index (Phi) is 2.61. The first kappa shape index (κ1) is 13.0. The maximum absolute atomic E-state index is 12.3. The lowest BCUT2D eigenvalue weighted by Gasteiger charge is -2.31. The molecule has 9 heteroatoms. The number of benzene rings is 1. The summed E-state index contributed by atoms with van der Waals surface area (Å²) in [5, 5.41) is 12.0. The Labute approximate surface area is 124 Å². The number of β-amino-alcohol motifs (C(OH)–C–C–N with tert-alkyl or cyclic N) is 1. The Hall–Kier alpha value is -2.68. The normalized spacial score (nSPS) is 19.5. The van der Waals surface area contributed by atoms with Gasteiger partial charge in [-0.25, -0.2) is 4.90 Å².